The third-order valence-corrected chi connectivity index (χ3v) is 3.39. The van der Waals surface area contributed by atoms with Crippen LogP contribution in [0.1, 0.15) is 15.9 Å². The molecule has 0 aromatic heterocycles. The Hall–Kier alpha value is -3.77. The Morgan fingerprint density at radius 3 is 2.32 bits per heavy atom. The van der Waals surface area contributed by atoms with Crippen LogP contribution in [0, 0.1) is 22.7 Å². The molecule has 0 saturated heterocycles. The van der Waals surface area contributed by atoms with Crippen LogP contribution in [-0.4, -0.2) is 20.0 Å². The molecule has 25 heavy (non-hydrogen) atoms. The summed E-state index contributed by atoms with van der Waals surface area (Å²) in [4.78, 5) is 12.7. The summed E-state index contributed by atoms with van der Waals surface area (Å²) in [5.41, 5.74) is 1.45. The summed E-state index contributed by atoms with van der Waals surface area (Å²) >= 11 is 0. The van der Waals surface area contributed by atoms with Crippen molar-refractivity contribution in [1.29, 1.82) is 10.5 Å². The van der Waals surface area contributed by atoms with Crippen LogP contribution in [0.15, 0.2) is 54.2 Å². The Balaban J connectivity index is 2.29. The smallest absolute Gasteiger partial charge is 0.193 e. The van der Waals surface area contributed by atoms with Gasteiger partial charge in [-0.15, -0.1) is 0 Å². The lowest BCUT2D eigenvalue weighted by Gasteiger charge is -2.09. The van der Waals surface area contributed by atoms with Crippen LogP contribution < -0.4 is 14.8 Å². The third-order valence-electron chi connectivity index (χ3n) is 3.39. The average molecular weight is 333 g/mol. The normalized spacial score (nSPS) is 9.28. The minimum atomic E-state index is -0.186. The second-order valence-corrected chi connectivity index (χ2v) is 4.91. The van der Waals surface area contributed by atoms with Crippen LogP contribution in [0.5, 0.6) is 11.5 Å². The van der Waals surface area contributed by atoms with Crippen molar-refractivity contribution in [3.63, 3.8) is 0 Å². The zero-order chi connectivity index (χ0) is 18.2. The highest BCUT2D eigenvalue weighted by Crippen LogP contribution is 2.28. The predicted octanol–water partition coefficient (Wildman–Crippen LogP) is 3.28. The van der Waals surface area contributed by atoms with Crippen LogP contribution >= 0.6 is 0 Å². The molecule has 0 radical (unpaired) electrons. The van der Waals surface area contributed by atoms with Gasteiger partial charge in [-0.1, -0.05) is 12.1 Å². The number of anilines is 1. The van der Waals surface area contributed by atoms with E-state index in [1.807, 2.05) is 0 Å². The van der Waals surface area contributed by atoms with E-state index in [4.69, 9.17) is 20.0 Å². The van der Waals surface area contributed by atoms with Gasteiger partial charge in [-0.05, 0) is 30.3 Å². The molecule has 0 unspecified atom stereocenters. The first kappa shape index (κ1) is 17.6. The Morgan fingerprint density at radius 1 is 1.00 bits per heavy atom. The molecule has 6 nitrogen and oxygen atoms in total. The van der Waals surface area contributed by atoms with Crippen LogP contribution in [0.25, 0.3) is 0 Å². The number of rotatable bonds is 6. The quantitative estimate of drug-likeness (QED) is 0.644. The molecule has 0 spiro atoms. The van der Waals surface area contributed by atoms with E-state index < -0.39 is 0 Å². The van der Waals surface area contributed by atoms with Gasteiger partial charge < -0.3 is 14.8 Å². The zero-order valence-corrected chi connectivity index (χ0v) is 13.7. The van der Waals surface area contributed by atoms with Crippen molar-refractivity contribution >= 4 is 11.5 Å². The van der Waals surface area contributed by atoms with Crippen molar-refractivity contribution in [2.75, 3.05) is 19.5 Å². The average Bonchev–Trinajstić information content (AvgIpc) is 2.67. The summed E-state index contributed by atoms with van der Waals surface area (Å²) in [6.45, 7) is 0. The molecule has 6 heteroatoms. The molecule has 2 aromatic rings. The summed E-state index contributed by atoms with van der Waals surface area (Å²) in [7, 11) is 3.03. The molecule has 0 aliphatic rings. The highest BCUT2D eigenvalue weighted by Gasteiger charge is 2.13. The number of ketones is 1. The number of carbonyl (C=O) groups is 1. The second-order valence-electron chi connectivity index (χ2n) is 4.91. The van der Waals surface area contributed by atoms with Crippen molar-refractivity contribution in [2.45, 2.75) is 0 Å². The van der Waals surface area contributed by atoms with Gasteiger partial charge in [0.25, 0.3) is 0 Å². The number of hydrogen-bond acceptors (Lipinski definition) is 6. The Kier molecular flexibility index (Phi) is 5.76. The topological polar surface area (TPSA) is 95.1 Å². The molecule has 0 aliphatic carbocycles. The lowest BCUT2D eigenvalue weighted by molar-refractivity contribution is 0.103. The molecule has 124 valence electrons. The lowest BCUT2D eigenvalue weighted by Crippen LogP contribution is -2.03. The minimum absolute atomic E-state index is 0.0587. The summed E-state index contributed by atoms with van der Waals surface area (Å²) in [5.74, 6) is 0.827. The largest absolute Gasteiger partial charge is 0.493 e. The first-order chi connectivity index (χ1) is 12.1. The van der Waals surface area contributed by atoms with E-state index >= 15 is 0 Å². The first-order valence-electron chi connectivity index (χ1n) is 7.26. The van der Waals surface area contributed by atoms with E-state index in [1.165, 1.54) is 20.4 Å². The van der Waals surface area contributed by atoms with Gasteiger partial charge in [0.2, 0.25) is 0 Å². The highest BCUT2D eigenvalue weighted by atomic mass is 16.5. The summed E-state index contributed by atoms with van der Waals surface area (Å²) in [6.07, 6.45) is 1.29. The van der Waals surface area contributed by atoms with Crippen molar-refractivity contribution < 1.29 is 14.3 Å². The maximum Gasteiger partial charge on any atom is 0.193 e. The molecule has 0 aliphatic heterocycles. The number of benzene rings is 2. The lowest BCUT2D eigenvalue weighted by atomic mass is 10.0. The van der Waals surface area contributed by atoms with Gasteiger partial charge in [-0.2, -0.15) is 10.5 Å². The predicted molar refractivity (Wildman–Crippen MR) is 92.4 cm³/mol. The van der Waals surface area contributed by atoms with E-state index in [0.717, 1.165) is 0 Å². The highest BCUT2D eigenvalue weighted by molar-refractivity contribution is 6.09. The van der Waals surface area contributed by atoms with E-state index in [2.05, 4.69) is 5.32 Å². The number of nitrogens with one attached hydrogen (secondary N) is 1. The second kappa shape index (κ2) is 8.19. The van der Waals surface area contributed by atoms with E-state index in [9.17, 15) is 4.79 Å². The van der Waals surface area contributed by atoms with Crippen LogP contribution in [-0.2, 0) is 0 Å². The molecule has 0 atom stereocenters. The number of nitriles is 2. The first-order valence-corrected chi connectivity index (χ1v) is 7.26. The van der Waals surface area contributed by atoms with Gasteiger partial charge in [0.05, 0.1) is 14.2 Å². The maximum absolute atomic E-state index is 12.7. The number of hydrogen-bond donors (Lipinski definition) is 1. The number of methoxy groups -OCH3 is 2. The van der Waals surface area contributed by atoms with Gasteiger partial charge in [0, 0.05) is 23.0 Å². The minimum Gasteiger partial charge on any atom is -0.493 e. The summed E-state index contributed by atoms with van der Waals surface area (Å²) < 4.78 is 10.4. The van der Waals surface area contributed by atoms with E-state index in [-0.39, 0.29) is 11.4 Å². The molecule has 2 aromatic carbocycles. The number of ether oxygens (including phenoxy) is 2. The van der Waals surface area contributed by atoms with Crippen LogP contribution in [0.3, 0.4) is 0 Å². The summed E-state index contributed by atoms with van der Waals surface area (Å²) in [6, 6.07) is 15.2. The molecule has 1 N–H and O–H groups in total. The molecule has 0 fully saturated rings. The molecular formula is C19H15N3O3. The van der Waals surface area contributed by atoms with Crippen molar-refractivity contribution in [2.24, 2.45) is 0 Å². The van der Waals surface area contributed by atoms with Gasteiger partial charge in [0.1, 0.15) is 17.7 Å². The van der Waals surface area contributed by atoms with Crippen molar-refractivity contribution in [3.8, 4) is 23.6 Å². The van der Waals surface area contributed by atoms with Crippen molar-refractivity contribution in [1.82, 2.24) is 0 Å². The monoisotopic (exact) mass is 333 g/mol. The van der Waals surface area contributed by atoms with Crippen LogP contribution in [0.4, 0.5) is 5.69 Å². The van der Waals surface area contributed by atoms with Gasteiger partial charge in [-0.3, -0.25) is 4.79 Å². The van der Waals surface area contributed by atoms with E-state index in [0.29, 0.717) is 28.3 Å². The van der Waals surface area contributed by atoms with Crippen LogP contribution in [0.2, 0.25) is 0 Å². The van der Waals surface area contributed by atoms with Crippen molar-refractivity contribution in [3.05, 3.63) is 65.4 Å². The van der Waals surface area contributed by atoms with Gasteiger partial charge in [0.15, 0.2) is 17.3 Å². The number of nitrogens with zero attached hydrogens (tertiary/aromatic N) is 2. The fraction of sp³-hybridized carbons (Fsp3) is 0.105. The van der Waals surface area contributed by atoms with Gasteiger partial charge >= 0.3 is 0 Å². The number of allylic oxidation sites excluding steroid dienone is 1. The molecule has 0 amide bonds. The molecule has 0 saturated carbocycles. The molecular weight excluding hydrogens is 318 g/mol. The Labute approximate surface area is 145 Å². The Morgan fingerprint density at radius 2 is 1.68 bits per heavy atom. The Bertz CT molecular complexity index is 889. The van der Waals surface area contributed by atoms with Gasteiger partial charge in [-0.25, -0.2) is 0 Å². The fourth-order valence-electron chi connectivity index (χ4n) is 2.14. The molecule has 0 bridgehead atoms. The third kappa shape index (κ3) is 4.15. The van der Waals surface area contributed by atoms with E-state index in [1.54, 1.807) is 54.6 Å². The molecule has 2 rings (SSSR count). The summed E-state index contributed by atoms with van der Waals surface area (Å²) in [5, 5.41) is 20.3. The fourth-order valence-corrected chi connectivity index (χ4v) is 2.14. The number of carbonyl (C=O) groups excluding carboxylic acids is 1. The standard InChI is InChI=1S/C19H15N3O3/c1-24-17-7-6-15(9-18(17)25-2)19(23)14-4-3-5-16(8-14)22-12-13(10-20)11-21/h3-9,12,22H,1-2H3. The zero-order valence-electron chi connectivity index (χ0n) is 13.7. The SMILES string of the molecule is COc1ccc(C(=O)c2cccc(NC=C(C#N)C#N)c2)cc1OC. The maximum atomic E-state index is 12.7. The molecule has 0 heterocycles.